The van der Waals surface area contributed by atoms with Crippen LogP contribution in [0.15, 0.2) is 24.3 Å². The van der Waals surface area contributed by atoms with E-state index in [4.69, 9.17) is 4.74 Å². The smallest absolute Gasteiger partial charge is 0.223 e. The van der Waals surface area contributed by atoms with Gasteiger partial charge in [-0.05, 0) is 23.6 Å². The van der Waals surface area contributed by atoms with Crippen molar-refractivity contribution < 1.29 is 19.0 Å². The highest BCUT2D eigenvalue weighted by atomic mass is 19.1. The molecule has 0 bridgehead atoms. The lowest BCUT2D eigenvalue weighted by Gasteiger charge is -2.33. The van der Waals surface area contributed by atoms with Crippen molar-refractivity contribution in [3.8, 4) is 0 Å². The van der Waals surface area contributed by atoms with E-state index in [1.807, 2.05) is 6.92 Å². The largest absolute Gasteiger partial charge is 0.390 e. The maximum Gasteiger partial charge on any atom is 0.223 e. The Hall–Kier alpha value is -1.50. The minimum Gasteiger partial charge on any atom is -0.390 e. The van der Waals surface area contributed by atoms with Gasteiger partial charge >= 0.3 is 0 Å². The molecule has 0 aliphatic carbocycles. The molecule has 24 heavy (non-hydrogen) atoms. The van der Waals surface area contributed by atoms with Gasteiger partial charge in [0.25, 0.3) is 0 Å². The molecule has 5 nitrogen and oxygen atoms in total. The third-order valence-corrected chi connectivity index (χ3v) is 5.05. The van der Waals surface area contributed by atoms with Gasteiger partial charge in [-0.2, -0.15) is 0 Å². The van der Waals surface area contributed by atoms with E-state index < -0.39 is 6.10 Å². The lowest BCUT2D eigenvalue weighted by molar-refractivity contribution is -0.131. The summed E-state index contributed by atoms with van der Waals surface area (Å²) in [6.45, 7) is 5.88. The first-order chi connectivity index (χ1) is 11.5. The number of hydrogen-bond acceptors (Lipinski definition) is 4. The molecule has 0 aromatic heterocycles. The van der Waals surface area contributed by atoms with Gasteiger partial charge in [0.1, 0.15) is 5.82 Å². The van der Waals surface area contributed by atoms with Crippen LogP contribution in [0.25, 0.3) is 0 Å². The number of aliphatic hydroxyl groups is 1. The fraction of sp³-hybridized carbons (Fsp3) is 0.611. The lowest BCUT2D eigenvalue weighted by Crippen LogP contribution is -2.49. The molecule has 1 unspecified atom stereocenters. The average molecular weight is 336 g/mol. The highest BCUT2D eigenvalue weighted by molar-refractivity contribution is 5.77. The van der Waals surface area contributed by atoms with E-state index in [-0.39, 0.29) is 23.7 Å². The van der Waals surface area contributed by atoms with Crippen LogP contribution in [0, 0.1) is 5.82 Å². The highest BCUT2D eigenvalue weighted by Gasteiger charge is 2.38. The van der Waals surface area contributed by atoms with Crippen molar-refractivity contribution in [2.45, 2.75) is 31.4 Å². The molecule has 2 aliphatic rings. The molecule has 1 aromatic carbocycles. The van der Waals surface area contributed by atoms with Crippen LogP contribution in [0.1, 0.15) is 24.8 Å². The van der Waals surface area contributed by atoms with Gasteiger partial charge in [-0.3, -0.25) is 9.69 Å². The molecule has 3 atom stereocenters. The first-order valence-corrected chi connectivity index (χ1v) is 8.57. The van der Waals surface area contributed by atoms with Crippen LogP contribution < -0.4 is 0 Å². The minimum atomic E-state index is -0.506. The third-order valence-electron chi connectivity index (χ3n) is 5.05. The van der Waals surface area contributed by atoms with Crippen LogP contribution in [0.4, 0.5) is 4.39 Å². The Kier molecular flexibility index (Phi) is 5.48. The fourth-order valence-corrected chi connectivity index (χ4v) is 3.54. The average Bonchev–Trinajstić information content (AvgIpc) is 2.98. The van der Waals surface area contributed by atoms with E-state index in [0.717, 1.165) is 18.7 Å². The third kappa shape index (κ3) is 3.94. The molecule has 2 saturated heterocycles. The summed E-state index contributed by atoms with van der Waals surface area (Å²) in [6, 6.07) is 6.29. The molecule has 132 valence electrons. The molecule has 0 radical (unpaired) electrons. The van der Waals surface area contributed by atoms with Crippen molar-refractivity contribution >= 4 is 5.91 Å². The van der Waals surface area contributed by atoms with E-state index >= 15 is 0 Å². The number of benzene rings is 1. The van der Waals surface area contributed by atoms with Gasteiger partial charge in [-0.15, -0.1) is 0 Å². The minimum absolute atomic E-state index is 0.000947. The molecule has 0 saturated carbocycles. The van der Waals surface area contributed by atoms with Crippen LogP contribution in [-0.2, 0) is 9.53 Å². The van der Waals surface area contributed by atoms with E-state index in [1.54, 1.807) is 17.0 Å². The predicted molar refractivity (Wildman–Crippen MR) is 88.2 cm³/mol. The topological polar surface area (TPSA) is 53.0 Å². The molecule has 2 fully saturated rings. The Morgan fingerprint density at radius 1 is 1.29 bits per heavy atom. The van der Waals surface area contributed by atoms with Crippen molar-refractivity contribution in [3.63, 3.8) is 0 Å². The molecular weight excluding hydrogens is 311 g/mol. The molecule has 1 N–H and O–H groups in total. The monoisotopic (exact) mass is 336 g/mol. The van der Waals surface area contributed by atoms with Crippen LogP contribution in [0.3, 0.4) is 0 Å². The Balaban J connectivity index is 1.56. The van der Waals surface area contributed by atoms with Crippen molar-refractivity contribution in [1.29, 1.82) is 0 Å². The summed E-state index contributed by atoms with van der Waals surface area (Å²) >= 11 is 0. The molecule has 1 aromatic rings. The van der Waals surface area contributed by atoms with Gasteiger partial charge in [0.05, 0.1) is 25.4 Å². The number of nitrogens with zero attached hydrogens (tertiary/aromatic N) is 2. The Labute approximate surface area is 142 Å². The first kappa shape index (κ1) is 17.3. The second-order valence-corrected chi connectivity index (χ2v) is 6.74. The number of carbonyl (C=O) groups excluding carboxylic acids is 1. The first-order valence-electron chi connectivity index (χ1n) is 8.57. The maximum absolute atomic E-state index is 13.0. The Morgan fingerprint density at radius 3 is 2.62 bits per heavy atom. The van der Waals surface area contributed by atoms with Gasteiger partial charge in [0.2, 0.25) is 5.91 Å². The summed E-state index contributed by atoms with van der Waals surface area (Å²) in [5.74, 6) is -0.201. The zero-order valence-corrected chi connectivity index (χ0v) is 14.0. The molecule has 3 rings (SSSR count). The van der Waals surface area contributed by atoms with Gasteiger partial charge in [0, 0.05) is 32.6 Å². The predicted octanol–water partition coefficient (Wildman–Crippen LogP) is 1.22. The molecule has 6 heteroatoms. The van der Waals surface area contributed by atoms with E-state index in [9.17, 15) is 14.3 Å². The molecule has 2 aliphatic heterocycles. The normalized spacial score (nSPS) is 26.5. The number of likely N-dealkylation sites (tertiary alicyclic amines) is 1. The number of aliphatic hydroxyl groups excluding tert-OH is 1. The number of rotatable bonds is 4. The summed E-state index contributed by atoms with van der Waals surface area (Å²) < 4.78 is 18.4. The number of ether oxygens (including phenoxy) is 1. The second kappa shape index (κ2) is 7.59. The maximum atomic E-state index is 13.0. The van der Waals surface area contributed by atoms with Crippen molar-refractivity contribution in [3.05, 3.63) is 35.6 Å². The quantitative estimate of drug-likeness (QED) is 0.898. The highest BCUT2D eigenvalue weighted by Crippen LogP contribution is 2.23. The molecular formula is C18H25FN2O3. The SMILES string of the molecule is CC(CC(=O)N1C[C@@H](O)[C@H](N2CCOCC2)C1)c1ccc(F)cc1. The molecule has 0 spiro atoms. The Bertz CT molecular complexity index is 560. The van der Waals surface area contributed by atoms with E-state index in [2.05, 4.69) is 4.90 Å². The number of hydrogen-bond donors (Lipinski definition) is 1. The second-order valence-electron chi connectivity index (χ2n) is 6.74. The summed E-state index contributed by atoms with van der Waals surface area (Å²) in [4.78, 5) is 16.5. The van der Waals surface area contributed by atoms with Crippen molar-refractivity contribution in [1.82, 2.24) is 9.80 Å². The summed E-state index contributed by atoms with van der Waals surface area (Å²) in [6.07, 6.45) is -0.137. The molecule has 2 heterocycles. The van der Waals surface area contributed by atoms with Gasteiger partial charge in [0.15, 0.2) is 0 Å². The number of halogens is 1. The fourth-order valence-electron chi connectivity index (χ4n) is 3.54. The number of amides is 1. The zero-order valence-electron chi connectivity index (χ0n) is 14.0. The van der Waals surface area contributed by atoms with Gasteiger partial charge < -0.3 is 14.7 Å². The summed E-state index contributed by atoms with van der Waals surface area (Å²) in [7, 11) is 0. The van der Waals surface area contributed by atoms with Crippen molar-refractivity contribution in [2.24, 2.45) is 0 Å². The van der Waals surface area contributed by atoms with E-state index in [1.165, 1.54) is 12.1 Å². The van der Waals surface area contributed by atoms with Crippen LogP contribution in [0.2, 0.25) is 0 Å². The summed E-state index contributed by atoms with van der Waals surface area (Å²) in [5.41, 5.74) is 0.953. The number of β-amino-alcohol motifs (C(OH)–C–C–N with tert-alkyl or cyclic N) is 1. The number of carbonyl (C=O) groups is 1. The van der Waals surface area contributed by atoms with Crippen LogP contribution in [0.5, 0.6) is 0 Å². The number of morpholine rings is 1. The molecule has 1 amide bonds. The van der Waals surface area contributed by atoms with E-state index in [0.29, 0.717) is 32.7 Å². The van der Waals surface area contributed by atoms with Crippen molar-refractivity contribution in [2.75, 3.05) is 39.4 Å². The lowest BCUT2D eigenvalue weighted by atomic mass is 9.97. The zero-order chi connectivity index (χ0) is 17.1. The van der Waals surface area contributed by atoms with Gasteiger partial charge in [-0.25, -0.2) is 4.39 Å². The Morgan fingerprint density at radius 2 is 1.96 bits per heavy atom. The summed E-state index contributed by atoms with van der Waals surface area (Å²) in [5, 5.41) is 10.3. The van der Waals surface area contributed by atoms with Crippen LogP contribution >= 0.6 is 0 Å². The van der Waals surface area contributed by atoms with Crippen LogP contribution in [-0.4, -0.2) is 72.4 Å². The standard InChI is InChI=1S/C18H25FN2O3/c1-13(14-2-4-15(19)5-3-14)10-18(23)21-11-16(17(22)12-21)20-6-8-24-9-7-20/h2-5,13,16-17,22H,6-12H2,1H3/t13?,16-,17-/m1/s1. The van der Waals surface area contributed by atoms with Gasteiger partial charge in [-0.1, -0.05) is 19.1 Å².